The molecule has 2 aromatic rings. The van der Waals surface area contributed by atoms with Gasteiger partial charge in [0.25, 0.3) is 0 Å². The van der Waals surface area contributed by atoms with Gasteiger partial charge >= 0.3 is 0 Å². The zero-order valence-corrected chi connectivity index (χ0v) is 11.6. The highest BCUT2D eigenvalue weighted by atomic mass is 16.3. The van der Waals surface area contributed by atoms with E-state index in [0.717, 1.165) is 30.9 Å². The van der Waals surface area contributed by atoms with Gasteiger partial charge in [-0.25, -0.2) is 15.0 Å². The van der Waals surface area contributed by atoms with Gasteiger partial charge in [0.15, 0.2) is 5.89 Å². The SMILES string of the molecule is Cc1nc(CN2CCCCC2c2ccnc(N)n2)co1. The summed E-state index contributed by atoms with van der Waals surface area (Å²) >= 11 is 0. The van der Waals surface area contributed by atoms with Crippen molar-refractivity contribution in [2.75, 3.05) is 12.3 Å². The lowest BCUT2D eigenvalue weighted by atomic mass is 9.99. The van der Waals surface area contributed by atoms with Gasteiger partial charge in [-0.2, -0.15) is 0 Å². The van der Waals surface area contributed by atoms with E-state index in [9.17, 15) is 0 Å². The zero-order valence-electron chi connectivity index (χ0n) is 11.6. The Balaban J connectivity index is 1.80. The normalized spacial score (nSPS) is 20.1. The van der Waals surface area contributed by atoms with E-state index < -0.39 is 0 Å². The van der Waals surface area contributed by atoms with Crippen molar-refractivity contribution < 1.29 is 4.42 Å². The molecule has 0 amide bonds. The fourth-order valence-electron chi connectivity index (χ4n) is 2.78. The molecule has 6 nitrogen and oxygen atoms in total. The van der Waals surface area contributed by atoms with Crippen LogP contribution in [0.4, 0.5) is 5.95 Å². The van der Waals surface area contributed by atoms with Crippen LogP contribution in [0.25, 0.3) is 0 Å². The predicted octanol–water partition coefficient (Wildman–Crippen LogP) is 2.08. The molecule has 20 heavy (non-hydrogen) atoms. The van der Waals surface area contributed by atoms with E-state index in [1.807, 2.05) is 13.0 Å². The number of anilines is 1. The minimum absolute atomic E-state index is 0.283. The maximum Gasteiger partial charge on any atom is 0.220 e. The Morgan fingerprint density at radius 3 is 3.05 bits per heavy atom. The van der Waals surface area contributed by atoms with Crippen LogP contribution in [0.3, 0.4) is 0 Å². The van der Waals surface area contributed by atoms with Gasteiger partial charge in [0.05, 0.1) is 17.4 Å². The second-order valence-electron chi connectivity index (χ2n) is 5.18. The van der Waals surface area contributed by atoms with Gasteiger partial charge in [-0.05, 0) is 25.5 Å². The smallest absolute Gasteiger partial charge is 0.220 e. The maximum atomic E-state index is 5.70. The third kappa shape index (κ3) is 2.80. The lowest BCUT2D eigenvalue weighted by molar-refractivity contribution is 0.135. The Hall–Kier alpha value is -1.95. The second-order valence-corrected chi connectivity index (χ2v) is 5.18. The van der Waals surface area contributed by atoms with Crippen LogP contribution in [0.2, 0.25) is 0 Å². The molecule has 1 unspecified atom stereocenters. The summed E-state index contributed by atoms with van der Waals surface area (Å²) in [5, 5.41) is 0. The summed E-state index contributed by atoms with van der Waals surface area (Å²) in [5.41, 5.74) is 7.67. The van der Waals surface area contributed by atoms with Crippen molar-refractivity contribution in [2.45, 2.75) is 38.8 Å². The van der Waals surface area contributed by atoms with Gasteiger partial charge in [0.1, 0.15) is 6.26 Å². The Morgan fingerprint density at radius 2 is 2.30 bits per heavy atom. The van der Waals surface area contributed by atoms with Gasteiger partial charge in [-0.15, -0.1) is 0 Å². The number of rotatable bonds is 3. The molecule has 0 radical (unpaired) electrons. The van der Waals surface area contributed by atoms with Crippen LogP contribution in [-0.4, -0.2) is 26.4 Å². The van der Waals surface area contributed by atoms with Gasteiger partial charge in [0, 0.05) is 19.7 Å². The minimum atomic E-state index is 0.283. The van der Waals surface area contributed by atoms with E-state index in [-0.39, 0.29) is 6.04 Å². The van der Waals surface area contributed by atoms with Crippen LogP contribution >= 0.6 is 0 Å². The molecule has 0 bridgehead atoms. The summed E-state index contributed by atoms with van der Waals surface area (Å²) in [6, 6.07) is 2.24. The van der Waals surface area contributed by atoms with Crippen molar-refractivity contribution in [2.24, 2.45) is 0 Å². The van der Waals surface area contributed by atoms with Crippen LogP contribution in [0.5, 0.6) is 0 Å². The minimum Gasteiger partial charge on any atom is -0.449 e. The number of nitrogens with zero attached hydrogens (tertiary/aromatic N) is 4. The van der Waals surface area contributed by atoms with Crippen molar-refractivity contribution >= 4 is 5.95 Å². The molecule has 6 heteroatoms. The molecule has 1 atom stereocenters. The topological polar surface area (TPSA) is 81.1 Å². The number of hydrogen-bond donors (Lipinski definition) is 1. The summed E-state index contributed by atoms with van der Waals surface area (Å²) in [5.74, 6) is 1.05. The first-order valence-electron chi connectivity index (χ1n) is 6.96. The molecule has 2 N–H and O–H groups in total. The van der Waals surface area contributed by atoms with Crippen LogP contribution in [0, 0.1) is 6.92 Å². The van der Waals surface area contributed by atoms with Crippen molar-refractivity contribution in [1.29, 1.82) is 0 Å². The van der Waals surface area contributed by atoms with Gasteiger partial charge in [0.2, 0.25) is 5.95 Å². The highest BCUT2D eigenvalue weighted by Crippen LogP contribution is 2.31. The number of oxazole rings is 1. The van der Waals surface area contributed by atoms with E-state index in [0.29, 0.717) is 11.8 Å². The molecule has 106 valence electrons. The Kier molecular flexibility index (Phi) is 3.64. The number of aromatic nitrogens is 3. The third-order valence-corrected chi connectivity index (χ3v) is 3.68. The van der Waals surface area contributed by atoms with Crippen LogP contribution in [-0.2, 0) is 6.54 Å². The Labute approximate surface area is 118 Å². The van der Waals surface area contributed by atoms with Crippen molar-refractivity contribution in [3.8, 4) is 0 Å². The average Bonchev–Trinajstić information content (AvgIpc) is 2.85. The van der Waals surface area contributed by atoms with Crippen LogP contribution in [0.1, 0.15) is 42.6 Å². The molecule has 0 aliphatic carbocycles. The summed E-state index contributed by atoms with van der Waals surface area (Å²) < 4.78 is 5.28. The third-order valence-electron chi connectivity index (χ3n) is 3.68. The summed E-state index contributed by atoms with van der Waals surface area (Å²) in [6.45, 7) is 3.69. The molecule has 0 aromatic carbocycles. The number of aryl methyl sites for hydroxylation is 1. The number of likely N-dealkylation sites (tertiary alicyclic amines) is 1. The predicted molar refractivity (Wildman–Crippen MR) is 74.7 cm³/mol. The van der Waals surface area contributed by atoms with E-state index in [1.165, 1.54) is 12.8 Å². The molecule has 2 aromatic heterocycles. The van der Waals surface area contributed by atoms with E-state index in [1.54, 1.807) is 12.5 Å². The van der Waals surface area contributed by atoms with Crippen LogP contribution in [0.15, 0.2) is 22.9 Å². The maximum absolute atomic E-state index is 5.70. The van der Waals surface area contributed by atoms with E-state index in [2.05, 4.69) is 19.9 Å². The Bertz CT molecular complexity index is 582. The van der Waals surface area contributed by atoms with Crippen LogP contribution < -0.4 is 5.73 Å². The standard InChI is InChI=1S/C14H19N5O/c1-10-17-11(9-20-10)8-19-7-3-2-4-13(19)12-5-6-16-14(15)18-12/h5-6,9,13H,2-4,7-8H2,1H3,(H2,15,16,18). The molecule has 3 rings (SSSR count). The molecule has 1 saturated heterocycles. The monoisotopic (exact) mass is 273 g/mol. The van der Waals surface area contributed by atoms with E-state index >= 15 is 0 Å². The number of hydrogen-bond acceptors (Lipinski definition) is 6. The molecule has 0 spiro atoms. The van der Waals surface area contributed by atoms with Gasteiger partial charge < -0.3 is 10.2 Å². The van der Waals surface area contributed by atoms with Gasteiger partial charge in [-0.3, -0.25) is 4.90 Å². The molecule has 1 fully saturated rings. The number of nitrogens with two attached hydrogens (primary N) is 1. The van der Waals surface area contributed by atoms with E-state index in [4.69, 9.17) is 10.2 Å². The lowest BCUT2D eigenvalue weighted by Gasteiger charge is -2.34. The molecular weight excluding hydrogens is 254 g/mol. The highest BCUT2D eigenvalue weighted by molar-refractivity contribution is 5.20. The molecular formula is C14H19N5O. The molecule has 1 aliphatic heterocycles. The average molecular weight is 273 g/mol. The second kappa shape index (κ2) is 5.58. The largest absolute Gasteiger partial charge is 0.449 e. The molecule has 3 heterocycles. The first-order valence-corrected chi connectivity index (χ1v) is 6.96. The number of nitrogen functional groups attached to an aromatic ring is 1. The van der Waals surface area contributed by atoms with Gasteiger partial charge in [-0.1, -0.05) is 6.42 Å². The fraction of sp³-hybridized carbons (Fsp3) is 0.500. The fourth-order valence-corrected chi connectivity index (χ4v) is 2.78. The summed E-state index contributed by atoms with van der Waals surface area (Å²) in [4.78, 5) is 15.1. The lowest BCUT2D eigenvalue weighted by Crippen LogP contribution is -2.33. The summed E-state index contributed by atoms with van der Waals surface area (Å²) in [7, 11) is 0. The highest BCUT2D eigenvalue weighted by Gasteiger charge is 2.26. The zero-order chi connectivity index (χ0) is 13.9. The molecule has 1 aliphatic rings. The Morgan fingerprint density at radius 1 is 1.40 bits per heavy atom. The first kappa shape index (κ1) is 13.1. The molecule has 0 saturated carbocycles. The van der Waals surface area contributed by atoms with Crippen molar-refractivity contribution in [1.82, 2.24) is 19.9 Å². The first-order chi connectivity index (χ1) is 9.72. The quantitative estimate of drug-likeness (QED) is 0.922. The number of piperidine rings is 1. The van der Waals surface area contributed by atoms with Crippen molar-refractivity contribution in [3.05, 3.63) is 35.8 Å². The van der Waals surface area contributed by atoms with Crippen molar-refractivity contribution in [3.63, 3.8) is 0 Å². The summed E-state index contributed by atoms with van der Waals surface area (Å²) in [6.07, 6.45) is 6.96.